The number of ether oxygens (including phenoxy) is 2. The Kier molecular flexibility index (Phi) is 7.10. The lowest BCUT2D eigenvalue weighted by atomic mass is 10.1. The number of carbonyl (C=O) groups is 1. The summed E-state index contributed by atoms with van der Waals surface area (Å²) < 4.78 is 12.3. The maximum atomic E-state index is 12.7. The van der Waals surface area contributed by atoms with Crippen molar-refractivity contribution in [3.05, 3.63) is 24.8 Å². The molecule has 0 radical (unpaired) electrons. The highest BCUT2D eigenvalue weighted by Crippen LogP contribution is 2.32. The number of imidazole rings is 1. The van der Waals surface area contributed by atoms with Crippen LogP contribution in [0.25, 0.3) is 11.2 Å². The van der Waals surface area contributed by atoms with Crippen LogP contribution in [0, 0.1) is 0 Å². The molecule has 3 heterocycles. The Labute approximate surface area is 174 Å². The third-order valence-electron chi connectivity index (χ3n) is 4.85. The summed E-state index contributed by atoms with van der Waals surface area (Å²) >= 11 is 0. The van der Waals surface area contributed by atoms with Crippen molar-refractivity contribution in [2.24, 2.45) is 0 Å². The normalized spacial score (nSPS) is 24.4. The summed E-state index contributed by atoms with van der Waals surface area (Å²) in [6.45, 7) is 3.01. The molecule has 1 aliphatic heterocycles. The largest absolute Gasteiger partial charge is 0.387 e. The number of anilines is 1. The fourth-order valence-corrected chi connectivity index (χ4v) is 3.35. The van der Waals surface area contributed by atoms with Gasteiger partial charge in [-0.3, -0.25) is 14.3 Å². The molecule has 11 heteroatoms. The van der Waals surface area contributed by atoms with E-state index in [9.17, 15) is 15.0 Å². The highest BCUT2D eigenvalue weighted by atomic mass is 16.6. The molecule has 1 fully saturated rings. The molecule has 2 aromatic heterocycles. The summed E-state index contributed by atoms with van der Waals surface area (Å²) in [5.41, 5.74) is 0.784. The highest BCUT2D eigenvalue weighted by Gasteiger charge is 2.44. The molecule has 4 atom stereocenters. The first-order chi connectivity index (χ1) is 14.4. The fourth-order valence-electron chi connectivity index (χ4n) is 3.35. The molecule has 30 heavy (non-hydrogen) atoms. The summed E-state index contributed by atoms with van der Waals surface area (Å²) in [5, 5.41) is 20.7. The minimum Gasteiger partial charge on any atom is -0.387 e. The lowest BCUT2D eigenvalue weighted by molar-refractivity contribution is -0.114. The second kappa shape index (κ2) is 9.58. The van der Waals surface area contributed by atoms with E-state index >= 15 is 0 Å². The minimum absolute atomic E-state index is 0.138. The van der Waals surface area contributed by atoms with E-state index in [2.05, 4.69) is 15.0 Å². The van der Waals surface area contributed by atoms with Crippen LogP contribution in [0.4, 0.5) is 5.82 Å². The average molecular weight is 420 g/mol. The van der Waals surface area contributed by atoms with Crippen molar-refractivity contribution in [3.63, 3.8) is 0 Å². The number of likely N-dealkylation sites (N-methyl/N-ethyl adjacent to an activating group) is 2. The first-order valence-corrected chi connectivity index (χ1v) is 9.69. The van der Waals surface area contributed by atoms with Crippen LogP contribution in [-0.2, 0) is 14.3 Å². The van der Waals surface area contributed by atoms with Crippen LogP contribution in [-0.4, -0.2) is 99.8 Å². The second-order valence-corrected chi connectivity index (χ2v) is 7.27. The number of hydrogen-bond acceptors (Lipinski definition) is 9. The zero-order valence-corrected chi connectivity index (χ0v) is 17.5. The number of rotatable bonds is 8. The lowest BCUT2D eigenvalue weighted by Gasteiger charge is -2.19. The summed E-state index contributed by atoms with van der Waals surface area (Å²) in [4.78, 5) is 29.0. The van der Waals surface area contributed by atoms with E-state index in [4.69, 9.17) is 9.47 Å². The molecule has 164 valence electrons. The standard InChI is InChI=1S/C19H28N6O5/c1-5-24(13(26)7-6-8-23(2)3)17-14-18(21-10-20-17)25(11-22-14)19-16(28)15(27)12(30-19)9-29-4/h6-7,10-12,15-16,19,27-28H,5,8-9H2,1-4H3/b7-6+/t12-,15-,16-,19-/m1/s1. The predicted molar refractivity (Wildman–Crippen MR) is 109 cm³/mol. The van der Waals surface area contributed by atoms with Crippen molar-refractivity contribution in [2.45, 2.75) is 31.5 Å². The molecule has 11 nitrogen and oxygen atoms in total. The first kappa shape index (κ1) is 22.2. The van der Waals surface area contributed by atoms with E-state index in [0.29, 0.717) is 30.1 Å². The maximum Gasteiger partial charge on any atom is 0.251 e. The van der Waals surface area contributed by atoms with Crippen molar-refractivity contribution >= 4 is 22.9 Å². The molecule has 3 rings (SSSR count). The SMILES string of the molecule is CCN(C(=O)/C=C/CN(C)C)c1ncnc2c1ncn2[C@@H]1O[C@H](COC)[C@@H](O)[C@H]1O. The van der Waals surface area contributed by atoms with Gasteiger partial charge >= 0.3 is 0 Å². The summed E-state index contributed by atoms with van der Waals surface area (Å²) in [7, 11) is 5.33. The van der Waals surface area contributed by atoms with E-state index in [1.807, 2.05) is 25.9 Å². The molecule has 2 aromatic rings. The number of amides is 1. The molecular weight excluding hydrogens is 392 g/mol. The van der Waals surface area contributed by atoms with Crippen LogP contribution >= 0.6 is 0 Å². The quantitative estimate of drug-likeness (QED) is 0.547. The number of aromatic nitrogens is 4. The monoisotopic (exact) mass is 420 g/mol. The van der Waals surface area contributed by atoms with Crippen molar-refractivity contribution in [3.8, 4) is 0 Å². The Hall–Kier alpha value is -2.44. The first-order valence-electron chi connectivity index (χ1n) is 9.69. The van der Waals surface area contributed by atoms with Gasteiger partial charge in [0.05, 0.1) is 12.9 Å². The number of fused-ring (bicyclic) bond motifs is 1. The Balaban J connectivity index is 1.91. The summed E-state index contributed by atoms with van der Waals surface area (Å²) in [6, 6.07) is 0. The number of nitrogens with zero attached hydrogens (tertiary/aromatic N) is 6. The smallest absolute Gasteiger partial charge is 0.251 e. The van der Waals surface area contributed by atoms with Gasteiger partial charge in [-0.05, 0) is 21.0 Å². The van der Waals surface area contributed by atoms with Crippen LogP contribution < -0.4 is 4.90 Å². The van der Waals surface area contributed by atoms with Crippen LogP contribution in [0.2, 0.25) is 0 Å². The molecule has 0 aromatic carbocycles. The fraction of sp³-hybridized carbons (Fsp3) is 0.579. The van der Waals surface area contributed by atoms with E-state index < -0.39 is 24.5 Å². The molecule has 0 spiro atoms. The van der Waals surface area contributed by atoms with Crippen LogP contribution in [0.3, 0.4) is 0 Å². The van der Waals surface area contributed by atoms with Gasteiger partial charge in [0.15, 0.2) is 23.2 Å². The van der Waals surface area contributed by atoms with Gasteiger partial charge in [-0.25, -0.2) is 15.0 Å². The number of carbonyl (C=O) groups excluding carboxylic acids is 1. The van der Waals surface area contributed by atoms with Crippen molar-refractivity contribution in [1.82, 2.24) is 24.4 Å². The third-order valence-corrected chi connectivity index (χ3v) is 4.85. The molecule has 1 saturated heterocycles. The second-order valence-electron chi connectivity index (χ2n) is 7.27. The van der Waals surface area contributed by atoms with E-state index in [1.54, 1.807) is 6.08 Å². The van der Waals surface area contributed by atoms with E-state index in [1.165, 1.54) is 35.3 Å². The zero-order chi connectivity index (χ0) is 21.8. The van der Waals surface area contributed by atoms with Crippen molar-refractivity contribution in [1.29, 1.82) is 0 Å². The molecule has 0 unspecified atom stereocenters. The number of aliphatic hydroxyl groups excluding tert-OH is 2. The predicted octanol–water partition coefficient (Wildman–Crippen LogP) is -0.437. The van der Waals surface area contributed by atoms with E-state index in [-0.39, 0.29) is 12.5 Å². The Morgan fingerprint density at radius 1 is 1.30 bits per heavy atom. The van der Waals surface area contributed by atoms with Crippen LogP contribution in [0.1, 0.15) is 13.2 Å². The average Bonchev–Trinajstić information content (AvgIpc) is 3.25. The number of aliphatic hydroxyl groups is 2. The maximum absolute atomic E-state index is 12.7. The summed E-state index contributed by atoms with van der Waals surface area (Å²) in [5.74, 6) is 0.142. The van der Waals surface area contributed by atoms with Gasteiger partial charge in [-0.15, -0.1) is 0 Å². The molecule has 1 amide bonds. The molecular formula is C19H28N6O5. The number of hydrogen-bond donors (Lipinski definition) is 2. The summed E-state index contributed by atoms with van der Waals surface area (Å²) in [6.07, 6.45) is 2.22. The van der Waals surface area contributed by atoms with Crippen molar-refractivity contribution < 1.29 is 24.5 Å². The number of methoxy groups -OCH3 is 1. The minimum atomic E-state index is -1.18. The molecule has 0 aliphatic carbocycles. The van der Waals surface area contributed by atoms with Gasteiger partial charge in [0.25, 0.3) is 5.91 Å². The molecule has 0 bridgehead atoms. The lowest BCUT2D eigenvalue weighted by Crippen LogP contribution is -2.33. The van der Waals surface area contributed by atoms with Gasteiger partial charge in [0.1, 0.15) is 24.6 Å². The van der Waals surface area contributed by atoms with E-state index in [0.717, 1.165) is 0 Å². The molecule has 0 saturated carbocycles. The van der Waals surface area contributed by atoms with Crippen molar-refractivity contribution in [2.75, 3.05) is 45.8 Å². The third kappa shape index (κ3) is 4.35. The highest BCUT2D eigenvalue weighted by molar-refractivity contribution is 6.04. The van der Waals surface area contributed by atoms with Crippen LogP contribution in [0.15, 0.2) is 24.8 Å². The van der Waals surface area contributed by atoms with Crippen LogP contribution in [0.5, 0.6) is 0 Å². The molecule has 2 N–H and O–H groups in total. The van der Waals surface area contributed by atoms with Gasteiger partial charge in [-0.2, -0.15) is 0 Å². The topological polar surface area (TPSA) is 126 Å². The Morgan fingerprint density at radius 3 is 2.73 bits per heavy atom. The van der Waals surface area contributed by atoms with Gasteiger partial charge in [0.2, 0.25) is 0 Å². The molecule has 1 aliphatic rings. The Bertz CT molecular complexity index is 901. The van der Waals surface area contributed by atoms with Gasteiger partial charge in [0, 0.05) is 26.3 Å². The van der Waals surface area contributed by atoms with Gasteiger partial charge < -0.3 is 24.6 Å². The van der Waals surface area contributed by atoms with Gasteiger partial charge in [-0.1, -0.05) is 6.08 Å². The Morgan fingerprint density at radius 2 is 2.07 bits per heavy atom. The zero-order valence-electron chi connectivity index (χ0n) is 17.5.